The molecule has 0 radical (unpaired) electrons. The van der Waals surface area contributed by atoms with E-state index in [0.717, 1.165) is 71.1 Å². The lowest BCUT2D eigenvalue weighted by Crippen LogP contribution is -1.92. The van der Waals surface area contributed by atoms with Gasteiger partial charge in [-0.3, -0.25) is 0 Å². The second-order valence-electron chi connectivity index (χ2n) is 14.4. The maximum Gasteiger partial charge on any atom is 0.0629 e. The van der Waals surface area contributed by atoms with Gasteiger partial charge < -0.3 is 0 Å². The molecule has 0 heterocycles. The van der Waals surface area contributed by atoms with Crippen molar-refractivity contribution in [1.29, 1.82) is 0 Å². The lowest BCUT2D eigenvalue weighted by Gasteiger charge is -2.19. The molecule has 0 aromatic heterocycles. The molecule has 0 spiro atoms. The quantitative estimate of drug-likeness (QED) is 0.162. The van der Waals surface area contributed by atoms with E-state index in [4.69, 9.17) is 4.11 Å². The Kier molecular flexibility index (Phi) is 5.21. The number of fused-ring (bicyclic) bond motifs is 1. The molecule has 0 amide bonds. The second kappa shape index (κ2) is 11.2. The molecular weight excluding hydrogens is 649 g/mol. The summed E-state index contributed by atoms with van der Waals surface area (Å²) in [5, 5.41) is 16.5. The Balaban J connectivity index is 1.14. The molecule has 12 aromatic rings. The Morgan fingerprint density at radius 2 is 0.741 bits per heavy atom. The van der Waals surface area contributed by atoms with Crippen molar-refractivity contribution in [3.63, 3.8) is 0 Å². The van der Waals surface area contributed by atoms with Gasteiger partial charge in [0.25, 0.3) is 0 Å². The van der Waals surface area contributed by atoms with Crippen molar-refractivity contribution in [3.05, 3.63) is 194 Å². The molecular formula is C54H32. The van der Waals surface area contributed by atoms with E-state index >= 15 is 0 Å². The average molecular weight is 686 g/mol. The monoisotopic (exact) mass is 685 g/mol. The summed E-state index contributed by atoms with van der Waals surface area (Å²) in [4.78, 5) is 0. The minimum atomic E-state index is -0.406. The largest absolute Gasteiger partial charge is 0.0629 e. The highest BCUT2D eigenvalue weighted by atomic mass is 14.2. The Labute approximate surface area is 319 Å². The molecule has 0 nitrogen and oxygen atoms in total. The van der Waals surface area contributed by atoms with Gasteiger partial charge in [-0.1, -0.05) is 176 Å². The molecule has 0 aliphatic carbocycles. The Morgan fingerprint density at radius 3 is 1.37 bits per heavy atom. The van der Waals surface area contributed by atoms with Gasteiger partial charge in [-0.2, -0.15) is 0 Å². The van der Waals surface area contributed by atoms with Crippen molar-refractivity contribution in [2.45, 2.75) is 0 Å². The molecule has 0 bridgehead atoms. The summed E-state index contributed by atoms with van der Waals surface area (Å²) in [5.74, 6) is 0. The van der Waals surface area contributed by atoms with Crippen molar-refractivity contribution >= 4 is 75.4 Å². The van der Waals surface area contributed by atoms with Crippen molar-refractivity contribution in [2.24, 2.45) is 0 Å². The standard InChI is InChI=1S/C54H32/c1-2-8-33(9-3-1)49-31-40(24-27-45(49)44-25-20-38-18-16-34-11-6-13-36-22-28-47(44)53(38)51(34)36)42-30-41-10-4-5-15-43(41)50(32-42)46-26-21-39-19-17-35-12-7-14-37-23-29-48(46)54(39)52(35)37/h1-32H/i1D,2D,3D,8D,9D. The van der Waals surface area contributed by atoms with Gasteiger partial charge in [-0.15, -0.1) is 0 Å². The van der Waals surface area contributed by atoms with E-state index in [9.17, 15) is 2.74 Å². The number of benzene rings is 12. The van der Waals surface area contributed by atoms with E-state index in [1.807, 2.05) is 6.07 Å². The topological polar surface area (TPSA) is 0 Å². The summed E-state index contributed by atoms with van der Waals surface area (Å²) in [7, 11) is 0. The molecule has 0 heteroatoms. The normalized spacial score (nSPS) is 13.4. The zero-order chi connectivity index (χ0) is 39.7. The first-order valence-corrected chi connectivity index (χ1v) is 18.4. The minimum Gasteiger partial charge on any atom is -0.0622 e. The van der Waals surface area contributed by atoms with Crippen LogP contribution in [0.4, 0.5) is 0 Å². The van der Waals surface area contributed by atoms with Gasteiger partial charge in [0.15, 0.2) is 0 Å². The van der Waals surface area contributed by atoms with Crippen molar-refractivity contribution < 1.29 is 6.85 Å². The van der Waals surface area contributed by atoms with Crippen molar-refractivity contribution in [2.75, 3.05) is 0 Å². The van der Waals surface area contributed by atoms with Crippen LogP contribution in [0.25, 0.3) is 120 Å². The van der Waals surface area contributed by atoms with Crippen LogP contribution in [0.15, 0.2) is 194 Å². The highest BCUT2D eigenvalue weighted by Gasteiger charge is 2.18. The van der Waals surface area contributed by atoms with E-state index in [1.165, 1.54) is 37.7 Å². The fraction of sp³-hybridized carbons (Fsp3) is 0. The molecule has 248 valence electrons. The molecule has 0 saturated carbocycles. The summed E-state index contributed by atoms with van der Waals surface area (Å²) in [5.41, 5.74) is 6.63. The average Bonchev–Trinajstić information content (AvgIpc) is 3.28. The van der Waals surface area contributed by atoms with Crippen LogP contribution in [0.3, 0.4) is 0 Å². The van der Waals surface area contributed by atoms with Crippen LogP contribution < -0.4 is 0 Å². The molecule has 12 rings (SSSR count). The van der Waals surface area contributed by atoms with Crippen LogP contribution in [-0.2, 0) is 0 Å². The lowest BCUT2D eigenvalue weighted by atomic mass is 9.85. The van der Waals surface area contributed by atoms with Gasteiger partial charge in [-0.25, -0.2) is 0 Å². The first kappa shape index (κ1) is 25.0. The van der Waals surface area contributed by atoms with E-state index in [0.29, 0.717) is 5.56 Å². The Hall–Kier alpha value is -7.02. The summed E-state index contributed by atoms with van der Waals surface area (Å²) < 4.78 is 44.2. The maximum atomic E-state index is 9.19. The van der Waals surface area contributed by atoms with Crippen LogP contribution in [0, 0.1) is 0 Å². The van der Waals surface area contributed by atoms with Crippen LogP contribution in [0.2, 0.25) is 0 Å². The summed E-state index contributed by atoms with van der Waals surface area (Å²) in [6.07, 6.45) is 0. The molecule has 0 aliphatic rings. The predicted molar refractivity (Wildman–Crippen MR) is 233 cm³/mol. The molecule has 0 fully saturated rings. The van der Waals surface area contributed by atoms with Gasteiger partial charge >= 0.3 is 0 Å². The van der Waals surface area contributed by atoms with Crippen molar-refractivity contribution in [3.8, 4) is 44.5 Å². The lowest BCUT2D eigenvalue weighted by molar-refractivity contribution is 1.58. The minimum absolute atomic E-state index is 0.186. The summed E-state index contributed by atoms with van der Waals surface area (Å²) in [6.45, 7) is 0. The second-order valence-corrected chi connectivity index (χ2v) is 14.4. The van der Waals surface area contributed by atoms with Gasteiger partial charge in [0.05, 0.1) is 6.85 Å². The predicted octanol–water partition coefficient (Wildman–Crippen LogP) is 15.3. The Morgan fingerprint density at radius 1 is 0.259 bits per heavy atom. The van der Waals surface area contributed by atoms with Crippen molar-refractivity contribution in [1.82, 2.24) is 0 Å². The highest BCUT2D eigenvalue weighted by Crippen LogP contribution is 2.45. The molecule has 12 aromatic carbocycles. The SMILES string of the molecule is [2H]c1c([2H])c([2H])c(-c2cc(-c3cc(-c4ccc5ccc6cccc7ccc4c5c67)c4ccccc4c3)ccc2-c2ccc3ccc4cccc5ccc2c3c45)c([2H])c1[2H]. The molecule has 0 N–H and O–H groups in total. The van der Waals surface area contributed by atoms with Crippen LogP contribution in [-0.4, -0.2) is 0 Å². The highest BCUT2D eigenvalue weighted by molar-refractivity contribution is 6.27. The molecule has 0 saturated heterocycles. The van der Waals surface area contributed by atoms with Gasteiger partial charge in [0, 0.05) is 0 Å². The third kappa shape index (κ3) is 4.26. The number of hydrogen-bond acceptors (Lipinski definition) is 0. The van der Waals surface area contributed by atoms with E-state index < -0.39 is 6.04 Å². The van der Waals surface area contributed by atoms with Gasteiger partial charge in [0.2, 0.25) is 0 Å². The molecule has 0 atom stereocenters. The zero-order valence-corrected chi connectivity index (χ0v) is 29.1. The van der Waals surface area contributed by atoms with Crippen LogP contribution in [0.5, 0.6) is 0 Å². The third-order valence-electron chi connectivity index (χ3n) is 11.6. The van der Waals surface area contributed by atoms with E-state index in [1.54, 1.807) is 0 Å². The number of rotatable bonds is 4. The first-order chi connectivity index (χ1) is 28.8. The first-order valence-electron chi connectivity index (χ1n) is 20.9. The summed E-state index contributed by atoms with van der Waals surface area (Å²) in [6, 6.07) is 56.7. The van der Waals surface area contributed by atoms with Gasteiger partial charge in [0.1, 0.15) is 0 Å². The van der Waals surface area contributed by atoms with E-state index in [-0.39, 0.29) is 29.7 Å². The number of hydrogen-bond donors (Lipinski definition) is 0. The van der Waals surface area contributed by atoms with Crippen LogP contribution >= 0.6 is 0 Å². The van der Waals surface area contributed by atoms with Gasteiger partial charge in [-0.05, 0) is 138 Å². The van der Waals surface area contributed by atoms with E-state index in [2.05, 4.69) is 158 Å². The zero-order valence-electron chi connectivity index (χ0n) is 34.1. The van der Waals surface area contributed by atoms with Crippen LogP contribution in [0.1, 0.15) is 6.85 Å². The summed E-state index contributed by atoms with van der Waals surface area (Å²) >= 11 is 0. The maximum absolute atomic E-state index is 9.19. The fourth-order valence-electron chi connectivity index (χ4n) is 9.19. The Bertz CT molecular complexity index is 3670. The third-order valence-corrected chi connectivity index (χ3v) is 11.6. The molecule has 0 unspecified atom stereocenters. The fourth-order valence-corrected chi connectivity index (χ4v) is 9.19. The smallest absolute Gasteiger partial charge is 0.0622 e. The molecule has 54 heavy (non-hydrogen) atoms. The molecule has 0 aliphatic heterocycles.